The van der Waals surface area contributed by atoms with Crippen LogP contribution in [0.1, 0.15) is 17.5 Å². The van der Waals surface area contributed by atoms with Crippen molar-refractivity contribution >= 4 is 21.5 Å². The maximum atomic E-state index is 2.30. The zero-order valence-corrected chi connectivity index (χ0v) is 9.74. The highest BCUT2D eigenvalue weighted by Gasteiger charge is 2.12. The summed E-state index contributed by atoms with van der Waals surface area (Å²) >= 11 is 0. The minimum atomic E-state index is 1.21. The fraction of sp³-hybridized carbons (Fsp3) is 0.176. The lowest BCUT2D eigenvalue weighted by Gasteiger charge is -2.09. The number of aryl methyl sites for hydroxylation is 2. The first-order valence-corrected chi connectivity index (χ1v) is 6.36. The molecule has 0 aromatic heterocycles. The van der Waals surface area contributed by atoms with Gasteiger partial charge in [-0.1, -0.05) is 48.5 Å². The Morgan fingerprint density at radius 1 is 0.588 bits per heavy atom. The van der Waals surface area contributed by atoms with Crippen LogP contribution in [0.15, 0.2) is 48.5 Å². The molecule has 0 fully saturated rings. The molecule has 1 aliphatic carbocycles. The van der Waals surface area contributed by atoms with Crippen LogP contribution in [0, 0.1) is 0 Å². The maximum Gasteiger partial charge on any atom is -0.00705 e. The Labute approximate surface area is 101 Å². The highest BCUT2D eigenvalue weighted by molar-refractivity contribution is 6.11. The second kappa shape index (κ2) is 3.33. The lowest BCUT2D eigenvalue weighted by Crippen LogP contribution is -1.85. The zero-order chi connectivity index (χ0) is 11.2. The smallest absolute Gasteiger partial charge is 0.00705 e. The number of hydrogen-bond donors (Lipinski definition) is 0. The molecule has 0 atom stereocenters. The van der Waals surface area contributed by atoms with Gasteiger partial charge in [0.15, 0.2) is 0 Å². The fourth-order valence-electron chi connectivity index (χ4n) is 3.19. The number of rotatable bonds is 0. The van der Waals surface area contributed by atoms with Gasteiger partial charge in [-0.15, -0.1) is 0 Å². The molecule has 82 valence electrons. The molecule has 0 bridgehead atoms. The minimum absolute atomic E-state index is 1.21. The van der Waals surface area contributed by atoms with Crippen LogP contribution < -0.4 is 0 Å². The minimum Gasteiger partial charge on any atom is -0.0614 e. The average Bonchev–Trinajstić information content (AvgIpc) is 2.57. The van der Waals surface area contributed by atoms with E-state index < -0.39 is 0 Å². The summed E-state index contributed by atoms with van der Waals surface area (Å²) in [4.78, 5) is 0. The second-order valence-electron chi connectivity index (χ2n) is 4.95. The van der Waals surface area contributed by atoms with Crippen molar-refractivity contribution in [2.75, 3.05) is 0 Å². The molecule has 0 amide bonds. The molecule has 0 nitrogen and oxygen atoms in total. The van der Waals surface area contributed by atoms with E-state index in [1.807, 2.05) is 0 Å². The van der Waals surface area contributed by atoms with Crippen LogP contribution in [0.2, 0.25) is 0 Å². The molecule has 0 radical (unpaired) electrons. The molecule has 1 aliphatic rings. The zero-order valence-electron chi connectivity index (χ0n) is 9.74. The van der Waals surface area contributed by atoms with Gasteiger partial charge >= 0.3 is 0 Å². The van der Waals surface area contributed by atoms with E-state index in [-0.39, 0.29) is 0 Å². The Morgan fingerprint density at radius 2 is 1.12 bits per heavy atom. The van der Waals surface area contributed by atoms with Gasteiger partial charge in [0.1, 0.15) is 0 Å². The van der Waals surface area contributed by atoms with E-state index in [4.69, 9.17) is 0 Å². The first-order valence-electron chi connectivity index (χ1n) is 6.36. The Hall–Kier alpha value is -1.82. The van der Waals surface area contributed by atoms with Gasteiger partial charge < -0.3 is 0 Å². The molecule has 0 spiro atoms. The number of benzene rings is 3. The van der Waals surface area contributed by atoms with Gasteiger partial charge in [0.05, 0.1) is 0 Å². The molecule has 0 saturated heterocycles. The van der Waals surface area contributed by atoms with Crippen LogP contribution in [-0.2, 0) is 12.8 Å². The van der Waals surface area contributed by atoms with Gasteiger partial charge in [-0.3, -0.25) is 0 Å². The van der Waals surface area contributed by atoms with Crippen LogP contribution in [0.4, 0.5) is 0 Å². The summed E-state index contributed by atoms with van der Waals surface area (Å²) < 4.78 is 0. The van der Waals surface area contributed by atoms with Crippen molar-refractivity contribution in [3.05, 3.63) is 59.7 Å². The molecule has 0 saturated carbocycles. The van der Waals surface area contributed by atoms with Crippen molar-refractivity contribution < 1.29 is 0 Å². The average molecular weight is 218 g/mol. The van der Waals surface area contributed by atoms with Gasteiger partial charge in [0, 0.05) is 0 Å². The van der Waals surface area contributed by atoms with Crippen LogP contribution in [0.3, 0.4) is 0 Å². The van der Waals surface area contributed by atoms with Gasteiger partial charge in [-0.05, 0) is 51.9 Å². The number of hydrogen-bond acceptors (Lipinski definition) is 0. The summed E-state index contributed by atoms with van der Waals surface area (Å²) in [6.07, 6.45) is 3.70. The molecule has 0 N–H and O–H groups in total. The Bertz CT molecular complexity index is 660. The summed E-state index contributed by atoms with van der Waals surface area (Å²) in [5.74, 6) is 0. The van der Waals surface area contributed by atoms with E-state index in [9.17, 15) is 0 Å². The van der Waals surface area contributed by atoms with Crippen molar-refractivity contribution in [1.82, 2.24) is 0 Å². The standard InChI is InChI=1S/C17H14/c1-4-12-6-2-8-14-10-11-15-9-3-7-13(5-1)17(15)16(12)14/h2-3,6-11H,1,4-5H2. The van der Waals surface area contributed by atoms with Crippen LogP contribution >= 0.6 is 0 Å². The fourth-order valence-corrected chi connectivity index (χ4v) is 3.19. The first-order chi connectivity index (χ1) is 8.43. The van der Waals surface area contributed by atoms with Crippen LogP contribution in [-0.4, -0.2) is 0 Å². The molecule has 0 aliphatic heterocycles. The molecule has 4 rings (SSSR count). The largest absolute Gasteiger partial charge is 0.0614 e. The molecule has 0 unspecified atom stereocenters. The first kappa shape index (κ1) is 9.23. The highest BCUT2D eigenvalue weighted by atomic mass is 14.2. The van der Waals surface area contributed by atoms with E-state index in [1.165, 1.54) is 51.9 Å². The van der Waals surface area contributed by atoms with Gasteiger partial charge in [0.25, 0.3) is 0 Å². The maximum absolute atomic E-state index is 2.30. The lowest BCUT2D eigenvalue weighted by atomic mass is 9.95. The third-order valence-corrected chi connectivity index (χ3v) is 3.95. The van der Waals surface area contributed by atoms with Crippen molar-refractivity contribution in [3.8, 4) is 0 Å². The van der Waals surface area contributed by atoms with Gasteiger partial charge in [0.2, 0.25) is 0 Å². The van der Waals surface area contributed by atoms with Crippen LogP contribution in [0.5, 0.6) is 0 Å². The van der Waals surface area contributed by atoms with Crippen molar-refractivity contribution in [2.45, 2.75) is 19.3 Å². The monoisotopic (exact) mass is 218 g/mol. The topological polar surface area (TPSA) is 0 Å². The molecule has 0 heterocycles. The summed E-state index contributed by atoms with van der Waals surface area (Å²) in [5, 5.41) is 5.78. The second-order valence-corrected chi connectivity index (χ2v) is 4.95. The van der Waals surface area contributed by atoms with E-state index >= 15 is 0 Å². The Balaban J connectivity index is 2.35. The SMILES string of the molecule is c1cc2c3c(c1)ccc1cccc(c13)CCC2. The molecule has 17 heavy (non-hydrogen) atoms. The van der Waals surface area contributed by atoms with Crippen molar-refractivity contribution in [2.24, 2.45) is 0 Å². The molecular weight excluding hydrogens is 204 g/mol. The highest BCUT2D eigenvalue weighted by Crippen LogP contribution is 2.34. The van der Waals surface area contributed by atoms with Crippen LogP contribution in [0.25, 0.3) is 21.5 Å². The van der Waals surface area contributed by atoms with Crippen molar-refractivity contribution in [3.63, 3.8) is 0 Å². The molecule has 0 heteroatoms. The third-order valence-electron chi connectivity index (χ3n) is 3.95. The predicted octanol–water partition coefficient (Wildman–Crippen LogP) is 4.48. The van der Waals surface area contributed by atoms with Gasteiger partial charge in [-0.2, -0.15) is 0 Å². The van der Waals surface area contributed by atoms with Crippen molar-refractivity contribution in [1.29, 1.82) is 0 Å². The van der Waals surface area contributed by atoms with E-state index in [0.717, 1.165) is 0 Å². The third kappa shape index (κ3) is 1.24. The quantitative estimate of drug-likeness (QED) is 0.488. The Morgan fingerprint density at radius 3 is 1.65 bits per heavy atom. The normalized spacial score (nSPS) is 14.4. The van der Waals surface area contributed by atoms with E-state index in [0.29, 0.717) is 0 Å². The predicted molar refractivity (Wildman–Crippen MR) is 73.5 cm³/mol. The summed E-state index contributed by atoms with van der Waals surface area (Å²) in [5.41, 5.74) is 3.05. The summed E-state index contributed by atoms with van der Waals surface area (Å²) in [6, 6.07) is 18.0. The molecular formula is C17H14. The molecule has 3 aromatic carbocycles. The van der Waals surface area contributed by atoms with E-state index in [2.05, 4.69) is 48.5 Å². The Kier molecular flexibility index (Phi) is 1.81. The summed E-state index contributed by atoms with van der Waals surface area (Å²) in [7, 11) is 0. The lowest BCUT2D eigenvalue weighted by molar-refractivity contribution is 0.836. The van der Waals surface area contributed by atoms with Gasteiger partial charge in [-0.25, -0.2) is 0 Å². The van der Waals surface area contributed by atoms with E-state index in [1.54, 1.807) is 0 Å². The summed E-state index contributed by atoms with van der Waals surface area (Å²) in [6.45, 7) is 0. The molecule has 3 aromatic rings.